The molecule has 78 valence electrons. The van der Waals surface area contributed by atoms with E-state index in [4.69, 9.17) is 0 Å². The fourth-order valence-corrected chi connectivity index (χ4v) is 2.08. The van der Waals surface area contributed by atoms with Gasteiger partial charge < -0.3 is 5.32 Å². The fraction of sp³-hybridized carbons (Fsp3) is 1.00. The Hall–Kier alpha value is -0.150. The standard InChI is InChI=1S/C10H21FN2/c1-3-10(4-2)9-13(7-5-11)8-6-12-10/h12H,3-9H2,1-2H3. The van der Waals surface area contributed by atoms with Crippen LogP contribution in [0.2, 0.25) is 0 Å². The van der Waals surface area contributed by atoms with Crippen LogP contribution < -0.4 is 5.32 Å². The molecular weight excluding hydrogens is 167 g/mol. The average molecular weight is 188 g/mol. The first-order chi connectivity index (χ1) is 6.26. The van der Waals surface area contributed by atoms with Crippen molar-refractivity contribution in [2.75, 3.05) is 32.9 Å². The second-order valence-corrected chi connectivity index (χ2v) is 3.88. The molecule has 0 amide bonds. The first-order valence-corrected chi connectivity index (χ1v) is 5.29. The Labute approximate surface area is 80.5 Å². The molecule has 0 spiro atoms. The normalized spacial score (nSPS) is 23.3. The lowest BCUT2D eigenvalue weighted by atomic mass is 9.90. The Morgan fingerprint density at radius 3 is 2.62 bits per heavy atom. The number of rotatable bonds is 4. The summed E-state index contributed by atoms with van der Waals surface area (Å²) in [6.45, 7) is 7.79. The van der Waals surface area contributed by atoms with Gasteiger partial charge in [0.15, 0.2) is 0 Å². The maximum absolute atomic E-state index is 12.2. The molecular formula is C10H21FN2. The van der Waals surface area contributed by atoms with E-state index in [0.717, 1.165) is 32.5 Å². The van der Waals surface area contributed by atoms with Gasteiger partial charge in [0.25, 0.3) is 0 Å². The van der Waals surface area contributed by atoms with Crippen LogP contribution in [0.5, 0.6) is 0 Å². The smallest absolute Gasteiger partial charge is 0.102 e. The molecule has 0 saturated carbocycles. The zero-order chi connectivity index (χ0) is 9.73. The molecule has 1 aliphatic heterocycles. The number of piperazine rings is 1. The van der Waals surface area contributed by atoms with Gasteiger partial charge >= 0.3 is 0 Å². The zero-order valence-corrected chi connectivity index (χ0v) is 8.77. The largest absolute Gasteiger partial charge is 0.309 e. The summed E-state index contributed by atoms with van der Waals surface area (Å²) in [5.41, 5.74) is 0.243. The predicted molar refractivity (Wildman–Crippen MR) is 53.7 cm³/mol. The summed E-state index contributed by atoms with van der Waals surface area (Å²) in [5, 5.41) is 3.56. The van der Waals surface area contributed by atoms with Crippen LogP contribution in [0.3, 0.4) is 0 Å². The van der Waals surface area contributed by atoms with Crippen molar-refractivity contribution in [1.82, 2.24) is 10.2 Å². The third-order valence-corrected chi connectivity index (χ3v) is 3.21. The van der Waals surface area contributed by atoms with Gasteiger partial charge in [0, 0.05) is 31.7 Å². The van der Waals surface area contributed by atoms with Gasteiger partial charge in [0.05, 0.1) is 0 Å². The third-order valence-electron chi connectivity index (χ3n) is 3.21. The van der Waals surface area contributed by atoms with Crippen LogP contribution in [0.15, 0.2) is 0 Å². The second-order valence-electron chi connectivity index (χ2n) is 3.88. The Kier molecular flexibility index (Phi) is 4.13. The molecule has 0 aromatic heterocycles. The first-order valence-electron chi connectivity index (χ1n) is 5.29. The molecule has 1 heterocycles. The molecule has 0 unspecified atom stereocenters. The van der Waals surface area contributed by atoms with Crippen molar-refractivity contribution in [2.24, 2.45) is 0 Å². The van der Waals surface area contributed by atoms with Crippen LogP contribution in [-0.2, 0) is 0 Å². The lowest BCUT2D eigenvalue weighted by Crippen LogP contribution is -2.60. The molecule has 0 aromatic carbocycles. The highest BCUT2D eigenvalue weighted by molar-refractivity contribution is 4.92. The number of alkyl halides is 1. The highest BCUT2D eigenvalue weighted by Crippen LogP contribution is 2.19. The molecule has 0 aromatic rings. The molecule has 0 bridgehead atoms. The van der Waals surface area contributed by atoms with Gasteiger partial charge in [-0.05, 0) is 12.8 Å². The number of nitrogens with one attached hydrogen (secondary N) is 1. The lowest BCUT2D eigenvalue weighted by molar-refractivity contribution is 0.117. The van der Waals surface area contributed by atoms with Gasteiger partial charge in [-0.2, -0.15) is 0 Å². The topological polar surface area (TPSA) is 15.3 Å². The number of nitrogens with zero attached hydrogens (tertiary/aromatic N) is 1. The summed E-state index contributed by atoms with van der Waals surface area (Å²) in [5.74, 6) is 0. The van der Waals surface area contributed by atoms with Crippen molar-refractivity contribution >= 4 is 0 Å². The fourth-order valence-electron chi connectivity index (χ4n) is 2.08. The first kappa shape index (κ1) is 10.9. The van der Waals surface area contributed by atoms with E-state index in [2.05, 4.69) is 24.1 Å². The second kappa shape index (κ2) is 4.91. The zero-order valence-electron chi connectivity index (χ0n) is 8.77. The van der Waals surface area contributed by atoms with Crippen LogP contribution in [0.25, 0.3) is 0 Å². The summed E-state index contributed by atoms with van der Waals surface area (Å²) in [7, 11) is 0. The van der Waals surface area contributed by atoms with Crippen LogP contribution >= 0.6 is 0 Å². The van der Waals surface area contributed by atoms with E-state index < -0.39 is 0 Å². The highest BCUT2D eigenvalue weighted by atomic mass is 19.1. The number of hydrogen-bond acceptors (Lipinski definition) is 2. The summed E-state index contributed by atoms with van der Waals surface area (Å²) >= 11 is 0. The SMILES string of the molecule is CCC1(CC)CN(CCF)CCN1. The van der Waals surface area contributed by atoms with Crippen molar-refractivity contribution in [3.05, 3.63) is 0 Å². The predicted octanol–water partition coefficient (Wildman–Crippen LogP) is 1.42. The third kappa shape index (κ3) is 2.64. The van der Waals surface area contributed by atoms with Crippen LogP contribution in [0, 0.1) is 0 Å². The van der Waals surface area contributed by atoms with E-state index in [-0.39, 0.29) is 12.2 Å². The van der Waals surface area contributed by atoms with Crippen molar-refractivity contribution < 1.29 is 4.39 Å². The molecule has 0 radical (unpaired) electrons. The highest BCUT2D eigenvalue weighted by Gasteiger charge is 2.31. The molecule has 1 aliphatic rings. The minimum Gasteiger partial charge on any atom is -0.309 e. The molecule has 1 N–H and O–H groups in total. The maximum atomic E-state index is 12.2. The van der Waals surface area contributed by atoms with Crippen molar-refractivity contribution in [1.29, 1.82) is 0 Å². The van der Waals surface area contributed by atoms with E-state index in [0.29, 0.717) is 6.54 Å². The average Bonchev–Trinajstić information content (AvgIpc) is 2.19. The Bertz CT molecular complexity index is 144. The molecule has 0 aliphatic carbocycles. The van der Waals surface area contributed by atoms with Gasteiger partial charge in [-0.25, -0.2) is 4.39 Å². The van der Waals surface area contributed by atoms with Crippen molar-refractivity contribution in [2.45, 2.75) is 32.2 Å². The summed E-state index contributed by atoms with van der Waals surface area (Å²) < 4.78 is 12.2. The monoisotopic (exact) mass is 188 g/mol. The molecule has 13 heavy (non-hydrogen) atoms. The van der Waals surface area contributed by atoms with E-state index in [1.807, 2.05) is 0 Å². The van der Waals surface area contributed by atoms with Gasteiger partial charge in [0.1, 0.15) is 6.67 Å². The molecule has 3 heteroatoms. The summed E-state index contributed by atoms with van der Waals surface area (Å²) in [6, 6.07) is 0. The molecule has 0 atom stereocenters. The van der Waals surface area contributed by atoms with E-state index in [9.17, 15) is 4.39 Å². The van der Waals surface area contributed by atoms with E-state index in [1.165, 1.54) is 0 Å². The molecule has 1 fully saturated rings. The molecule has 1 saturated heterocycles. The summed E-state index contributed by atoms with van der Waals surface area (Å²) in [4.78, 5) is 2.23. The van der Waals surface area contributed by atoms with E-state index in [1.54, 1.807) is 0 Å². The minimum absolute atomic E-state index is 0.219. The molecule has 2 nitrogen and oxygen atoms in total. The van der Waals surface area contributed by atoms with Crippen LogP contribution in [-0.4, -0.2) is 43.3 Å². The van der Waals surface area contributed by atoms with Crippen LogP contribution in [0.4, 0.5) is 4.39 Å². The van der Waals surface area contributed by atoms with Gasteiger partial charge in [-0.3, -0.25) is 4.90 Å². The summed E-state index contributed by atoms with van der Waals surface area (Å²) in [6.07, 6.45) is 2.26. The lowest BCUT2D eigenvalue weighted by Gasteiger charge is -2.42. The van der Waals surface area contributed by atoms with Crippen molar-refractivity contribution in [3.63, 3.8) is 0 Å². The van der Waals surface area contributed by atoms with Gasteiger partial charge in [0.2, 0.25) is 0 Å². The van der Waals surface area contributed by atoms with Gasteiger partial charge in [-0.1, -0.05) is 13.8 Å². The van der Waals surface area contributed by atoms with Crippen LogP contribution in [0.1, 0.15) is 26.7 Å². The quantitative estimate of drug-likeness (QED) is 0.718. The Morgan fingerprint density at radius 2 is 2.08 bits per heavy atom. The Balaban J connectivity index is 2.48. The van der Waals surface area contributed by atoms with E-state index >= 15 is 0 Å². The molecule has 1 rings (SSSR count). The maximum Gasteiger partial charge on any atom is 0.102 e. The number of halogens is 1. The Morgan fingerprint density at radius 1 is 1.38 bits per heavy atom. The number of hydrogen-bond donors (Lipinski definition) is 1. The minimum atomic E-state index is -0.219. The van der Waals surface area contributed by atoms with Gasteiger partial charge in [-0.15, -0.1) is 0 Å². The van der Waals surface area contributed by atoms with Crippen molar-refractivity contribution in [3.8, 4) is 0 Å².